The van der Waals surface area contributed by atoms with Gasteiger partial charge in [0, 0.05) is 38.3 Å². The van der Waals surface area contributed by atoms with Gasteiger partial charge in [0.1, 0.15) is 5.75 Å². The van der Waals surface area contributed by atoms with Gasteiger partial charge < -0.3 is 9.64 Å². The highest BCUT2D eigenvalue weighted by atomic mass is 16.5. The average Bonchev–Trinajstić information content (AvgIpc) is 2.93. The van der Waals surface area contributed by atoms with E-state index in [4.69, 9.17) is 4.74 Å². The maximum Gasteiger partial charge on any atom is 0.237 e. The molecule has 1 saturated carbocycles. The fourth-order valence-corrected chi connectivity index (χ4v) is 4.76. The number of hydrogen-bond acceptors (Lipinski definition) is 5. The van der Waals surface area contributed by atoms with Gasteiger partial charge in [0.05, 0.1) is 19.2 Å². The van der Waals surface area contributed by atoms with Crippen molar-refractivity contribution in [3.8, 4) is 5.75 Å². The van der Waals surface area contributed by atoms with Gasteiger partial charge in [-0.05, 0) is 37.1 Å². The normalized spacial score (nSPS) is 23.3. The number of piperazine rings is 1. The van der Waals surface area contributed by atoms with Gasteiger partial charge in [-0.15, -0.1) is 0 Å². The molecule has 6 nitrogen and oxygen atoms in total. The van der Waals surface area contributed by atoms with Gasteiger partial charge in [0.25, 0.3) is 0 Å². The van der Waals surface area contributed by atoms with E-state index in [2.05, 4.69) is 21.9 Å². The van der Waals surface area contributed by atoms with Crippen LogP contribution in [-0.2, 0) is 9.59 Å². The van der Waals surface area contributed by atoms with Crippen molar-refractivity contribution in [1.29, 1.82) is 0 Å². The molecule has 4 rings (SSSR count). The molecule has 146 valence electrons. The Morgan fingerprint density at radius 1 is 0.963 bits per heavy atom. The minimum absolute atomic E-state index is 0.0273. The maximum absolute atomic E-state index is 13.0. The van der Waals surface area contributed by atoms with Crippen LogP contribution >= 0.6 is 0 Å². The largest absolute Gasteiger partial charge is 0.497 e. The minimum Gasteiger partial charge on any atom is -0.497 e. The number of imide groups is 1. The second kappa shape index (κ2) is 7.50. The second-order valence-electron chi connectivity index (χ2n) is 8.09. The molecule has 1 aromatic carbocycles. The summed E-state index contributed by atoms with van der Waals surface area (Å²) in [6.07, 6.45) is 5.55. The molecule has 0 radical (unpaired) electrons. The molecule has 1 aromatic rings. The molecule has 0 N–H and O–H groups in total. The minimum atomic E-state index is -0.375. The fourth-order valence-electron chi connectivity index (χ4n) is 4.76. The lowest BCUT2D eigenvalue weighted by Crippen LogP contribution is -2.51. The third-order valence-electron chi connectivity index (χ3n) is 6.45. The zero-order chi connectivity index (χ0) is 18.9. The molecule has 1 spiro atoms. The van der Waals surface area contributed by atoms with Gasteiger partial charge in [-0.25, -0.2) is 0 Å². The van der Waals surface area contributed by atoms with Crippen molar-refractivity contribution in [3.63, 3.8) is 0 Å². The lowest BCUT2D eigenvalue weighted by Gasteiger charge is -2.38. The second-order valence-corrected chi connectivity index (χ2v) is 8.09. The summed E-state index contributed by atoms with van der Waals surface area (Å²) in [5, 5.41) is 0. The van der Waals surface area contributed by atoms with E-state index in [1.54, 1.807) is 7.11 Å². The number of nitrogens with zero attached hydrogens (tertiary/aromatic N) is 3. The van der Waals surface area contributed by atoms with Crippen molar-refractivity contribution in [2.45, 2.75) is 38.5 Å². The van der Waals surface area contributed by atoms with Crippen LogP contribution in [0.25, 0.3) is 0 Å². The van der Waals surface area contributed by atoms with E-state index in [0.717, 1.165) is 57.6 Å². The lowest BCUT2D eigenvalue weighted by molar-refractivity contribution is -0.144. The quantitative estimate of drug-likeness (QED) is 0.761. The summed E-state index contributed by atoms with van der Waals surface area (Å²) in [6.45, 7) is 3.96. The molecule has 2 aliphatic heterocycles. The SMILES string of the molecule is COc1ccc(N2CCN(CN3C(=O)CC4(CCCCC4)C3=O)CC2)cc1. The Balaban J connectivity index is 1.33. The molecule has 2 saturated heterocycles. The Morgan fingerprint density at radius 2 is 1.63 bits per heavy atom. The third-order valence-corrected chi connectivity index (χ3v) is 6.45. The summed E-state index contributed by atoms with van der Waals surface area (Å²) in [4.78, 5) is 31.6. The average molecular weight is 371 g/mol. The van der Waals surface area contributed by atoms with Crippen molar-refractivity contribution in [1.82, 2.24) is 9.80 Å². The molecule has 2 amide bonds. The van der Waals surface area contributed by atoms with Crippen LogP contribution in [0.3, 0.4) is 0 Å². The standard InChI is InChI=1S/C21H29N3O3/c1-27-18-7-5-17(6-8-18)23-13-11-22(12-14-23)16-24-19(25)15-21(20(24)26)9-3-2-4-10-21/h5-8H,2-4,9-16H2,1H3. The summed E-state index contributed by atoms with van der Waals surface area (Å²) in [5.74, 6) is 0.976. The van der Waals surface area contributed by atoms with Gasteiger partial charge in [0.2, 0.25) is 11.8 Å². The van der Waals surface area contributed by atoms with Crippen LogP contribution < -0.4 is 9.64 Å². The predicted molar refractivity (Wildman–Crippen MR) is 104 cm³/mol. The Kier molecular flexibility index (Phi) is 5.08. The predicted octanol–water partition coefficient (Wildman–Crippen LogP) is 2.48. The van der Waals surface area contributed by atoms with Crippen LogP contribution in [0.5, 0.6) is 5.75 Å². The molecular formula is C21H29N3O3. The van der Waals surface area contributed by atoms with Gasteiger partial charge in [-0.3, -0.25) is 19.4 Å². The molecule has 27 heavy (non-hydrogen) atoms. The summed E-state index contributed by atoms with van der Waals surface area (Å²) in [6, 6.07) is 8.11. The van der Waals surface area contributed by atoms with Crippen LogP contribution in [0.15, 0.2) is 24.3 Å². The van der Waals surface area contributed by atoms with E-state index in [0.29, 0.717) is 13.1 Å². The van der Waals surface area contributed by atoms with Crippen molar-refractivity contribution < 1.29 is 14.3 Å². The zero-order valence-corrected chi connectivity index (χ0v) is 16.2. The summed E-state index contributed by atoms with van der Waals surface area (Å²) in [7, 11) is 1.67. The van der Waals surface area contributed by atoms with Crippen molar-refractivity contribution in [3.05, 3.63) is 24.3 Å². The number of benzene rings is 1. The van der Waals surface area contributed by atoms with Gasteiger partial charge >= 0.3 is 0 Å². The van der Waals surface area contributed by atoms with E-state index in [1.165, 1.54) is 17.0 Å². The maximum atomic E-state index is 13.0. The van der Waals surface area contributed by atoms with E-state index < -0.39 is 0 Å². The first-order chi connectivity index (χ1) is 13.1. The molecule has 3 aliphatic rings. The molecule has 0 aromatic heterocycles. The van der Waals surface area contributed by atoms with Gasteiger partial charge in [0.15, 0.2) is 0 Å². The first-order valence-corrected chi connectivity index (χ1v) is 10.1. The van der Waals surface area contributed by atoms with Gasteiger partial charge in [-0.1, -0.05) is 19.3 Å². The monoisotopic (exact) mass is 371 g/mol. The molecule has 1 aliphatic carbocycles. The fraction of sp³-hybridized carbons (Fsp3) is 0.619. The van der Waals surface area contributed by atoms with Crippen LogP contribution in [0.4, 0.5) is 5.69 Å². The number of hydrogen-bond donors (Lipinski definition) is 0. The number of anilines is 1. The Morgan fingerprint density at radius 3 is 2.26 bits per heavy atom. The Labute approximate surface area is 161 Å². The third kappa shape index (κ3) is 3.55. The van der Waals surface area contributed by atoms with Crippen molar-refractivity contribution in [2.24, 2.45) is 5.41 Å². The number of carbonyl (C=O) groups excluding carboxylic acids is 2. The molecular weight excluding hydrogens is 342 g/mol. The summed E-state index contributed by atoms with van der Waals surface area (Å²) >= 11 is 0. The highest BCUT2D eigenvalue weighted by Crippen LogP contribution is 2.45. The first kappa shape index (κ1) is 18.3. The highest BCUT2D eigenvalue weighted by Gasteiger charge is 2.51. The zero-order valence-electron chi connectivity index (χ0n) is 16.2. The van der Waals surface area contributed by atoms with Crippen molar-refractivity contribution in [2.75, 3.05) is 44.9 Å². The number of ether oxygens (including phenoxy) is 1. The van der Waals surface area contributed by atoms with Crippen LogP contribution in [0.2, 0.25) is 0 Å². The summed E-state index contributed by atoms with van der Waals surface area (Å²) < 4.78 is 5.22. The molecule has 0 unspecified atom stereocenters. The van der Waals surface area contributed by atoms with Crippen molar-refractivity contribution >= 4 is 17.5 Å². The van der Waals surface area contributed by atoms with Crippen LogP contribution in [0, 0.1) is 5.41 Å². The van der Waals surface area contributed by atoms with E-state index in [9.17, 15) is 9.59 Å². The molecule has 2 heterocycles. The smallest absolute Gasteiger partial charge is 0.237 e. The van der Waals surface area contributed by atoms with Crippen LogP contribution in [-0.4, -0.2) is 61.6 Å². The highest BCUT2D eigenvalue weighted by molar-refractivity contribution is 6.05. The number of methoxy groups -OCH3 is 1. The summed E-state index contributed by atoms with van der Waals surface area (Å²) in [5.41, 5.74) is 0.810. The molecule has 0 bridgehead atoms. The van der Waals surface area contributed by atoms with E-state index in [1.807, 2.05) is 12.1 Å². The van der Waals surface area contributed by atoms with Crippen LogP contribution in [0.1, 0.15) is 38.5 Å². The number of likely N-dealkylation sites (tertiary alicyclic amines) is 1. The Bertz CT molecular complexity index is 689. The number of amides is 2. The molecule has 6 heteroatoms. The van der Waals surface area contributed by atoms with Gasteiger partial charge in [-0.2, -0.15) is 0 Å². The molecule has 0 atom stereocenters. The molecule has 3 fully saturated rings. The Hall–Kier alpha value is -2.08. The number of carbonyl (C=O) groups is 2. The topological polar surface area (TPSA) is 53.1 Å². The lowest BCUT2D eigenvalue weighted by atomic mass is 9.73. The van der Waals surface area contributed by atoms with E-state index >= 15 is 0 Å². The number of rotatable bonds is 4. The van der Waals surface area contributed by atoms with E-state index in [-0.39, 0.29) is 17.2 Å². The first-order valence-electron chi connectivity index (χ1n) is 10.1.